The zero-order valence-electron chi connectivity index (χ0n) is 9.35. The van der Waals surface area contributed by atoms with Crippen LogP contribution in [0.25, 0.3) is 0 Å². The molecule has 0 bridgehead atoms. The first kappa shape index (κ1) is 11.6. The van der Waals surface area contributed by atoms with Crippen molar-refractivity contribution in [2.45, 2.75) is 31.7 Å². The first-order chi connectivity index (χ1) is 8.18. The van der Waals surface area contributed by atoms with Crippen molar-refractivity contribution in [2.24, 2.45) is 0 Å². The molecule has 0 amide bonds. The number of nitrogens with one attached hydrogen (secondary N) is 1. The van der Waals surface area contributed by atoms with E-state index in [9.17, 15) is 9.59 Å². The van der Waals surface area contributed by atoms with Crippen LogP contribution in [0.3, 0.4) is 0 Å². The molecule has 1 aromatic rings. The molecule has 1 fully saturated rings. The van der Waals surface area contributed by atoms with Crippen molar-refractivity contribution < 1.29 is 14.7 Å². The number of pyridine rings is 1. The van der Waals surface area contributed by atoms with Gasteiger partial charge in [-0.2, -0.15) is 0 Å². The molecule has 0 spiro atoms. The molecule has 5 heteroatoms. The van der Waals surface area contributed by atoms with E-state index in [-0.39, 0.29) is 23.2 Å². The molecule has 0 saturated heterocycles. The Bertz CT molecular complexity index is 445. The highest BCUT2D eigenvalue weighted by molar-refractivity contribution is 5.94. The number of hydrogen-bond donors (Lipinski definition) is 2. The molecule has 1 heterocycles. The zero-order chi connectivity index (χ0) is 12.3. The van der Waals surface area contributed by atoms with Crippen LogP contribution < -0.4 is 5.32 Å². The Balaban J connectivity index is 2.17. The summed E-state index contributed by atoms with van der Waals surface area (Å²) in [5.41, 5.74) is 0.103. The molecular weight excluding hydrogens is 220 g/mol. The van der Waals surface area contributed by atoms with Crippen LogP contribution in [0.2, 0.25) is 0 Å². The van der Waals surface area contributed by atoms with E-state index in [1.165, 1.54) is 12.3 Å². The first-order valence-electron chi connectivity index (χ1n) is 5.66. The van der Waals surface area contributed by atoms with Gasteiger partial charge in [0.25, 0.3) is 0 Å². The maximum absolute atomic E-state index is 11.6. The lowest BCUT2D eigenvalue weighted by Crippen LogP contribution is -2.33. The van der Waals surface area contributed by atoms with Crippen molar-refractivity contribution in [3.8, 4) is 0 Å². The van der Waals surface area contributed by atoms with E-state index in [2.05, 4.69) is 10.3 Å². The summed E-state index contributed by atoms with van der Waals surface area (Å²) in [6, 6.07) is 2.75. The summed E-state index contributed by atoms with van der Waals surface area (Å²) in [7, 11) is 0. The molecule has 1 aromatic heterocycles. The van der Waals surface area contributed by atoms with Crippen LogP contribution >= 0.6 is 0 Å². The third kappa shape index (κ3) is 2.61. The molecule has 1 aliphatic rings. The fourth-order valence-electron chi connectivity index (χ4n) is 1.99. The molecule has 0 radical (unpaired) electrons. The van der Waals surface area contributed by atoms with Crippen LogP contribution in [-0.2, 0) is 4.79 Å². The molecule has 2 N–H and O–H groups in total. The lowest BCUT2D eigenvalue weighted by Gasteiger charge is -2.22. The van der Waals surface area contributed by atoms with Gasteiger partial charge in [0.2, 0.25) is 0 Å². The van der Waals surface area contributed by atoms with E-state index in [0.29, 0.717) is 6.42 Å². The van der Waals surface area contributed by atoms with Crippen molar-refractivity contribution in [2.75, 3.05) is 5.32 Å². The van der Waals surface area contributed by atoms with Gasteiger partial charge in [0, 0.05) is 12.6 Å². The van der Waals surface area contributed by atoms with Gasteiger partial charge in [-0.05, 0) is 25.0 Å². The number of Topliss-reactive ketones (excluding diaryl/α,β-unsaturated/α-hetero) is 1. The van der Waals surface area contributed by atoms with Crippen molar-refractivity contribution in [3.63, 3.8) is 0 Å². The number of aromatic carboxylic acids is 1. The molecule has 1 aliphatic carbocycles. The summed E-state index contributed by atoms with van der Waals surface area (Å²) >= 11 is 0. The number of carboxylic acids is 1. The Kier molecular flexibility index (Phi) is 3.37. The largest absolute Gasteiger partial charge is 0.478 e. The third-order valence-corrected chi connectivity index (χ3v) is 2.90. The van der Waals surface area contributed by atoms with E-state index in [1.807, 2.05) is 0 Å². The predicted molar refractivity (Wildman–Crippen MR) is 62.1 cm³/mol. The molecule has 5 nitrogen and oxygen atoms in total. The quantitative estimate of drug-likeness (QED) is 0.832. The van der Waals surface area contributed by atoms with Gasteiger partial charge in [0.1, 0.15) is 11.4 Å². The zero-order valence-corrected chi connectivity index (χ0v) is 9.35. The highest BCUT2D eigenvalue weighted by atomic mass is 16.4. The lowest BCUT2D eigenvalue weighted by molar-refractivity contribution is -0.121. The maximum atomic E-state index is 11.6. The average Bonchev–Trinajstić information content (AvgIpc) is 2.32. The minimum absolute atomic E-state index is 0.103. The monoisotopic (exact) mass is 234 g/mol. The van der Waals surface area contributed by atoms with Gasteiger partial charge in [0.15, 0.2) is 5.78 Å². The Labute approximate surface area is 98.9 Å². The van der Waals surface area contributed by atoms with Gasteiger partial charge >= 0.3 is 5.97 Å². The van der Waals surface area contributed by atoms with Crippen LogP contribution in [0, 0.1) is 0 Å². The van der Waals surface area contributed by atoms with E-state index < -0.39 is 5.97 Å². The number of carbonyl (C=O) groups is 2. The van der Waals surface area contributed by atoms with Crippen LogP contribution in [0.1, 0.15) is 36.0 Å². The predicted octanol–water partition coefficient (Wildman–Crippen LogP) is 1.70. The van der Waals surface area contributed by atoms with Crippen LogP contribution in [0.15, 0.2) is 18.3 Å². The first-order valence-corrected chi connectivity index (χ1v) is 5.66. The van der Waals surface area contributed by atoms with Gasteiger partial charge in [-0.3, -0.25) is 4.79 Å². The molecule has 0 aromatic carbocycles. The SMILES string of the molecule is O=C(O)c1cccnc1NC1CCCCC1=O. The highest BCUT2D eigenvalue weighted by Crippen LogP contribution is 2.20. The van der Waals surface area contributed by atoms with Gasteiger partial charge in [-0.1, -0.05) is 6.42 Å². The molecule has 0 aliphatic heterocycles. The molecule has 2 rings (SSSR count). The van der Waals surface area contributed by atoms with E-state index in [1.54, 1.807) is 6.07 Å². The number of rotatable bonds is 3. The van der Waals surface area contributed by atoms with Crippen molar-refractivity contribution in [1.29, 1.82) is 0 Å². The minimum atomic E-state index is -1.04. The van der Waals surface area contributed by atoms with Crippen molar-refractivity contribution in [1.82, 2.24) is 4.98 Å². The second-order valence-corrected chi connectivity index (χ2v) is 4.11. The standard InChI is InChI=1S/C12H14N2O3/c15-10-6-2-1-5-9(10)14-11-8(12(16)17)4-3-7-13-11/h3-4,7,9H,1-2,5-6H2,(H,13,14)(H,16,17). The minimum Gasteiger partial charge on any atom is -0.478 e. The molecule has 90 valence electrons. The smallest absolute Gasteiger partial charge is 0.339 e. The van der Waals surface area contributed by atoms with Gasteiger partial charge in [0.05, 0.1) is 6.04 Å². The Morgan fingerprint density at radius 2 is 2.29 bits per heavy atom. The third-order valence-electron chi connectivity index (χ3n) is 2.90. The number of anilines is 1. The number of aromatic nitrogens is 1. The van der Waals surface area contributed by atoms with Crippen molar-refractivity contribution >= 4 is 17.6 Å². The number of nitrogens with zero attached hydrogens (tertiary/aromatic N) is 1. The Morgan fingerprint density at radius 3 is 3.00 bits per heavy atom. The molecule has 1 atom stereocenters. The van der Waals surface area contributed by atoms with Gasteiger partial charge in [-0.25, -0.2) is 9.78 Å². The number of carbonyl (C=O) groups excluding carboxylic acids is 1. The second-order valence-electron chi connectivity index (χ2n) is 4.11. The van der Waals surface area contributed by atoms with Crippen LogP contribution in [0.5, 0.6) is 0 Å². The van der Waals surface area contributed by atoms with E-state index >= 15 is 0 Å². The lowest BCUT2D eigenvalue weighted by atomic mass is 9.94. The summed E-state index contributed by atoms with van der Waals surface area (Å²) in [5.74, 6) is -0.623. The van der Waals surface area contributed by atoms with Crippen LogP contribution in [-0.4, -0.2) is 27.9 Å². The average molecular weight is 234 g/mol. The fourth-order valence-corrected chi connectivity index (χ4v) is 1.99. The normalized spacial score (nSPS) is 20.0. The maximum Gasteiger partial charge on any atom is 0.339 e. The molecule has 1 unspecified atom stereocenters. The number of carboxylic acid groups (broad SMARTS) is 1. The Hall–Kier alpha value is -1.91. The Morgan fingerprint density at radius 1 is 1.47 bits per heavy atom. The topological polar surface area (TPSA) is 79.3 Å². The van der Waals surface area contributed by atoms with E-state index in [0.717, 1.165) is 19.3 Å². The summed E-state index contributed by atoms with van der Waals surface area (Å²) in [4.78, 5) is 26.6. The summed E-state index contributed by atoms with van der Waals surface area (Å²) < 4.78 is 0. The fraction of sp³-hybridized carbons (Fsp3) is 0.417. The summed E-state index contributed by atoms with van der Waals surface area (Å²) in [6.45, 7) is 0. The molecule has 17 heavy (non-hydrogen) atoms. The summed E-state index contributed by atoms with van der Waals surface area (Å²) in [6.07, 6.45) is 4.73. The second kappa shape index (κ2) is 4.95. The molecule has 1 saturated carbocycles. The molecular formula is C12H14N2O3. The summed E-state index contributed by atoms with van der Waals surface area (Å²) in [5, 5.41) is 11.9. The van der Waals surface area contributed by atoms with E-state index in [4.69, 9.17) is 5.11 Å². The van der Waals surface area contributed by atoms with Crippen LogP contribution in [0.4, 0.5) is 5.82 Å². The van der Waals surface area contributed by atoms with Crippen molar-refractivity contribution in [3.05, 3.63) is 23.9 Å². The number of ketones is 1. The highest BCUT2D eigenvalue weighted by Gasteiger charge is 2.23. The van der Waals surface area contributed by atoms with Gasteiger partial charge < -0.3 is 10.4 Å². The number of hydrogen-bond acceptors (Lipinski definition) is 4. The van der Waals surface area contributed by atoms with Gasteiger partial charge in [-0.15, -0.1) is 0 Å².